The molecule has 0 radical (unpaired) electrons. The van der Waals surface area contributed by atoms with E-state index >= 15 is 0 Å². The van der Waals surface area contributed by atoms with Crippen LogP contribution in [0.2, 0.25) is 0 Å². The Morgan fingerprint density at radius 3 is 2.64 bits per heavy atom. The van der Waals surface area contributed by atoms with Crippen LogP contribution in [0.1, 0.15) is 17.0 Å². The highest BCUT2D eigenvalue weighted by Gasteiger charge is 2.15. The fourth-order valence-corrected chi connectivity index (χ4v) is 2.72. The summed E-state index contributed by atoms with van der Waals surface area (Å²) in [5.74, 6) is 0.0268. The van der Waals surface area contributed by atoms with Crippen LogP contribution >= 0.6 is 0 Å². The van der Waals surface area contributed by atoms with Crippen LogP contribution in [0, 0.1) is 13.8 Å². The first-order valence-corrected chi connectivity index (χ1v) is 8.57. The number of para-hydroxylation sites is 1. The standard InChI is InChI=1S/C19H28N4O2/c1-15-18(14-19(24)20-10-11-22(3)12-13-25-4)16(2)23(21-15)17-8-6-5-7-9-17/h5-9H,10-14H2,1-4H3,(H,20,24). The van der Waals surface area contributed by atoms with Gasteiger partial charge in [0, 0.05) is 38.0 Å². The third-order valence-corrected chi connectivity index (χ3v) is 4.27. The lowest BCUT2D eigenvalue weighted by Gasteiger charge is -2.16. The Morgan fingerprint density at radius 1 is 1.24 bits per heavy atom. The maximum Gasteiger partial charge on any atom is 0.224 e. The van der Waals surface area contributed by atoms with E-state index in [1.807, 2.05) is 55.9 Å². The highest BCUT2D eigenvalue weighted by molar-refractivity contribution is 5.79. The molecule has 0 spiro atoms. The van der Waals surface area contributed by atoms with Crippen LogP contribution in [0.15, 0.2) is 30.3 Å². The number of nitrogens with zero attached hydrogens (tertiary/aromatic N) is 3. The number of ether oxygens (including phenoxy) is 1. The molecule has 0 aliphatic heterocycles. The Morgan fingerprint density at radius 2 is 1.96 bits per heavy atom. The summed E-state index contributed by atoms with van der Waals surface area (Å²) in [7, 11) is 3.71. The van der Waals surface area contributed by atoms with Gasteiger partial charge >= 0.3 is 0 Å². The predicted molar refractivity (Wildman–Crippen MR) is 99.1 cm³/mol. The van der Waals surface area contributed by atoms with Crippen LogP contribution in [0.4, 0.5) is 0 Å². The molecule has 6 nitrogen and oxygen atoms in total. The van der Waals surface area contributed by atoms with E-state index in [9.17, 15) is 4.79 Å². The maximum atomic E-state index is 12.3. The molecule has 136 valence electrons. The van der Waals surface area contributed by atoms with Crippen molar-refractivity contribution in [2.45, 2.75) is 20.3 Å². The summed E-state index contributed by atoms with van der Waals surface area (Å²) < 4.78 is 6.95. The van der Waals surface area contributed by atoms with Crippen LogP contribution in [0.5, 0.6) is 0 Å². The lowest BCUT2D eigenvalue weighted by Crippen LogP contribution is -2.35. The minimum absolute atomic E-state index is 0.0268. The number of aryl methyl sites for hydroxylation is 1. The monoisotopic (exact) mass is 344 g/mol. The van der Waals surface area contributed by atoms with Crippen LogP contribution < -0.4 is 5.32 Å². The molecule has 0 unspecified atom stereocenters. The molecule has 1 heterocycles. The van der Waals surface area contributed by atoms with Gasteiger partial charge in [0.15, 0.2) is 0 Å². The molecular weight excluding hydrogens is 316 g/mol. The minimum atomic E-state index is 0.0268. The minimum Gasteiger partial charge on any atom is -0.383 e. The molecule has 0 saturated heterocycles. The molecule has 1 aromatic carbocycles. The molecule has 0 aliphatic rings. The molecule has 6 heteroatoms. The molecule has 1 N–H and O–H groups in total. The average Bonchev–Trinajstić information content (AvgIpc) is 2.89. The number of likely N-dealkylation sites (N-methyl/N-ethyl adjacent to an activating group) is 1. The van der Waals surface area contributed by atoms with Gasteiger partial charge < -0.3 is 15.0 Å². The normalized spacial score (nSPS) is 11.1. The highest BCUT2D eigenvalue weighted by Crippen LogP contribution is 2.18. The molecule has 2 rings (SSSR count). The second-order valence-electron chi connectivity index (χ2n) is 6.22. The summed E-state index contributed by atoms with van der Waals surface area (Å²) in [6.45, 7) is 6.94. The molecule has 1 aromatic heterocycles. The summed E-state index contributed by atoms with van der Waals surface area (Å²) in [6, 6.07) is 9.97. The lowest BCUT2D eigenvalue weighted by molar-refractivity contribution is -0.120. The van der Waals surface area contributed by atoms with Crippen molar-refractivity contribution >= 4 is 5.91 Å². The number of amides is 1. The van der Waals surface area contributed by atoms with Crippen molar-refractivity contribution in [3.8, 4) is 5.69 Å². The van der Waals surface area contributed by atoms with E-state index in [-0.39, 0.29) is 5.91 Å². The van der Waals surface area contributed by atoms with Gasteiger partial charge in [-0.1, -0.05) is 18.2 Å². The Labute approximate surface area is 149 Å². The van der Waals surface area contributed by atoms with Crippen molar-refractivity contribution in [2.24, 2.45) is 0 Å². The number of nitrogens with one attached hydrogen (secondary N) is 1. The van der Waals surface area contributed by atoms with Gasteiger partial charge in [0.2, 0.25) is 5.91 Å². The number of benzene rings is 1. The van der Waals surface area contributed by atoms with E-state index in [4.69, 9.17) is 4.74 Å². The molecule has 2 aromatic rings. The summed E-state index contributed by atoms with van der Waals surface area (Å²) in [4.78, 5) is 14.4. The van der Waals surface area contributed by atoms with Crippen LogP contribution in [-0.2, 0) is 16.0 Å². The van der Waals surface area contributed by atoms with Gasteiger partial charge in [0.05, 0.1) is 24.4 Å². The van der Waals surface area contributed by atoms with E-state index in [0.717, 1.165) is 35.7 Å². The quantitative estimate of drug-likeness (QED) is 0.753. The van der Waals surface area contributed by atoms with Gasteiger partial charge in [-0.15, -0.1) is 0 Å². The van der Waals surface area contributed by atoms with Crippen LogP contribution in [0.25, 0.3) is 5.69 Å². The van der Waals surface area contributed by atoms with Crippen molar-refractivity contribution < 1.29 is 9.53 Å². The Hall–Kier alpha value is -2.18. The summed E-state index contributed by atoms with van der Waals surface area (Å²) >= 11 is 0. The zero-order chi connectivity index (χ0) is 18.2. The second kappa shape index (κ2) is 9.34. The highest BCUT2D eigenvalue weighted by atomic mass is 16.5. The molecule has 1 amide bonds. The number of hydrogen-bond acceptors (Lipinski definition) is 4. The first-order chi connectivity index (χ1) is 12.0. The van der Waals surface area contributed by atoms with E-state index in [2.05, 4.69) is 15.3 Å². The number of methoxy groups -OCH3 is 1. The van der Waals surface area contributed by atoms with Gasteiger partial charge in [-0.25, -0.2) is 4.68 Å². The number of carbonyl (C=O) groups is 1. The third kappa shape index (κ3) is 5.41. The first-order valence-electron chi connectivity index (χ1n) is 8.57. The summed E-state index contributed by atoms with van der Waals surface area (Å²) in [5.41, 5.74) is 3.91. The molecular formula is C19H28N4O2. The number of carbonyl (C=O) groups excluding carboxylic acids is 1. The molecule has 0 atom stereocenters. The first kappa shape index (κ1) is 19.1. The van der Waals surface area contributed by atoms with Gasteiger partial charge in [0.1, 0.15) is 0 Å². The van der Waals surface area contributed by atoms with Crippen molar-refractivity contribution in [3.63, 3.8) is 0 Å². The molecule has 0 saturated carbocycles. The number of hydrogen-bond donors (Lipinski definition) is 1. The third-order valence-electron chi connectivity index (χ3n) is 4.27. The Bertz CT molecular complexity index is 682. The van der Waals surface area contributed by atoms with Gasteiger partial charge in [-0.05, 0) is 33.0 Å². The van der Waals surface area contributed by atoms with Crippen molar-refractivity contribution in [1.82, 2.24) is 20.0 Å². The SMILES string of the molecule is COCCN(C)CCNC(=O)Cc1c(C)nn(-c2ccccc2)c1C. The Balaban J connectivity index is 1.92. The number of rotatable bonds is 9. The van der Waals surface area contributed by atoms with Crippen LogP contribution in [0.3, 0.4) is 0 Å². The number of aromatic nitrogens is 2. The van der Waals surface area contributed by atoms with Crippen molar-refractivity contribution in [1.29, 1.82) is 0 Å². The van der Waals surface area contributed by atoms with Gasteiger partial charge in [0.25, 0.3) is 0 Å². The average molecular weight is 344 g/mol. The van der Waals surface area contributed by atoms with Crippen molar-refractivity contribution in [2.75, 3.05) is 40.4 Å². The predicted octanol–water partition coefficient (Wildman–Crippen LogP) is 1.73. The van der Waals surface area contributed by atoms with Gasteiger partial charge in [-0.2, -0.15) is 5.10 Å². The molecule has 0 bridgehead atoms. The largest absolute Gasteiger partial charge is 0.383 e. The van der Waals surface area contributed by atoms with Gasteiger partial charge in [-0.3, -0.25) is 4.79 Å². The summed E-state index contributed by atoms with van der Waals surface area (Å²) in [5, 5.41) is 7.57. The second-order valence-corrected chi connectivity index (χ2v) is 6.22. The molecule has 0 fully saturated rings. The molecule has 25 heavy (non-hydrogen) atoms. The topological polar surface area (TPSA) is 59.4 Å². The molecule has 0 aliphatic carbocycles. The van der Waals surface area contributed by atoms with E-state index in [1.165, 1.54) is 0 Å². The zero-order valence-corrected chi connectivity index (χ0v) is 15.6. The van der Waals surface area contributed by atoms with E-state index < -0.39 is 0 Å². The summed E-state index contributed by atoms with van der Waals surface area (Å²) in [6.07, 6.45) is 0.353. The maximum absolute atomic E-state index is 12.3. The zero-order valence-electron chi connectivity index (χ0n) is 15.6. The Kier molecular flexibility index (Phi) is 7.16. The van der Waals surface area contributed by atoms with E-state index in [0.29, 0.717) is 19.6 Å². The van der Waals surface area contributed by atoms with Crippen LogP contribution in [-0.4, -0.2) is 61.0 Å². The lowest BCUT2D eigenvalue weighted by atomic mass is 10.1. The fraction of sp³-hybridized carbons (Fsp3) is 0.474. The fourth-order valence-electron chi connectivity index (χ4n) is 2.72. The van der Waals surface area contributed by atoms with E-state index in [1.54, 1.807) is 7.11 Å². The van der Waals surface area contributed by atoms with Crippen molar-refractivity contribution in [3.05, 3.63) is 47.3 Å². The smallest absolute Gasteiger partial charge is 0.224 e.